The van der Waals surface area contributed by atoms with Crippen LogP contribution in [0.2, 0.25) is 0 Å². The summed E-state index contributed by atoms with van der Waals surface area (Å²) >= 11 is 0. The van der Waals surface area contributed by atoms with Crippen LogP contribution >= 0.6 is 0 Å². The van der Waals surface area contributed by atoms with Crippen molar-refractivity contribution in [3.63, 3.8) is 0 Å². The molecule has 2 N–H and O–H groups in total. The lowest BCUT2D eigenvalue weighted by Gasteiger charge is -2.22. The van der Waals surface area contributed by atoms with Gasteiger partial charge in [-0.3, -0.25) is 9.69 Å². The van der Waals surface area contributed by atoms with E-state index in [4.69, 9.17) is 9.15 Å². The molecule has 0 saturated heterocycles. The van der Waals surface area contributed by atoms with Crippen LogP contribution in [0.15, 0.2) is 65.4 Å². The zero-order chi connectivity index (χ0) is 23.0. The standard InChI is InChI=1S/C26H30N4O3/c1-19-7-3-4-8-21(19)16-30(13-11-20-15-28-23-10-6-5-9-22(20)23)17-25-29-24(18-33-25)26(31)27-12-14-32-2/h3-10,15,18,28H,11-14,16-17H2,1-2H3,(H,27,31). The molecule has 0 saturated carbocycles. The van der Waals surface area contributed by atoms with E-state index in [1.54, 1.807) is 7.11 Å². The molecule has 4 aromatic rings. The van der Waals surface area contributed by atoms with Gasteiger partial charge in [-0.05, 0) is 36.1 Å². The molecule has 0 aliphatic rings. The fraction of sp³-hybridized carbons (Fsp3) is 0.308. The Morgan fingerprint density at radius 3 is 2.79 bits per heavy atom. The first-order valence-electron chi connectivity index (χ1n) is 11.2. The van der Waals surface area contributed by atoms with Crippen molar-refractivity contribution < 1.29 is 13.9 Å². The third-order valence-electron chi connectivity index (χ3n) is 5.76. The SMILES string of the molecule is COCCNC(=O)c1coc(CN(CCc2c[nH]c3ccccc23)Cc2ccccc2C)n1. The highest BCUT2D eigenvalue weighted by molar-refractivity contribution is 5.91. The topological polar surface area (TPSA) is 83.4 Å². The predicted octanol–water partition coefficient (Wildman–Crippen LogP) is 4.09. The van der Waals surface area contributed by atoms with E-state index in [0.29, 0.717) is 25.6 Å². The molecule has 7 nitrogen and oxygen atoms in total. The molecule has 0 bridgehead atoms. The number of nitrogens with zero attached hydrogens (tertiary/aromatic N) is 2. The Labute approximate surface area is 193 Å². The molecular formula is C26H30N4O3. The summed E-state index contributed by atoms with van der Waals surface area (Å²) in [7, 11) is 1.60. The van der Waals surface area contributed by atoms with Gasteiger partial charge in [0.05, 0.1) is 13.2 Å². The van der Waals surface area contributed by atoms with E-state index in [0.717, 1.165) is 25.0 Å². The van der Waals surface area contributed by atoms with E-state index in [9.17, 15) is 4.79 Å². The Hall–Kier alpha value is -3.42. The summed E-state index contributed by atoms with van der Waals surface area (Å²) in [6.45, 7) is 5.12. The Morgan fingerprint density at radius 1 is 1.12 bits per heavy atom. The van der Waals surface area contributed by atoms with Crippen LogP contribution in [-0.4, -0.2) is 47.6 Å². The van der Waals surface area contributed by atoms with Crippen molar-refractivity contribution in [2.75, 3.05) is 26.8 Å². The van der Waals surface area contributed by atoms with Gasteiger partial charge in [0, 0.05) is 43.8 Å². The van der Waals surface area contributed by atoms with Crippen molar-refractivity contribution in [3.8, 4) is 0 Å². The number of rotatable bonds is 11. The fourth-order valence-electron chi connectivity index (χ4n) is 3.90. The summed E-state index contributed by atoms with van der Waals surface area (Å²) in [4.78, 5) is 22.3. The highest BCUT2D eigenvalue weighted by Gasteiger charge is 2.16. The predicted molar refractivity (Wildman–Crippen MR) is 128 cm³/mol. The maximum atomic E-state index is 12.3. The number of methoxy groups -OCH3 is 1. The number of hydrogen-bond acceptors (Lipinski definition) is 5. The summed E-state index contributed by atoms with van der Waals surface area (Å²) in [6, 6.07) is 16.7. The van der Waals surface area contributed by atoms with Crippen LogP contribution in [0, 0.1) is 6.92 Å². The monoisotopic (exact) mass is 446 g/mol. The van der Waals surface area contributed by atoms with Crippen LogP contribution < -0.4 is 5.32 Å². The van der Waals surface area contributed by atoms with Crippen LogP contribution in [0.25, 0.3) is 10.9 Å². The molecular weight excluding hydrogens is 416 g/mol. The molecule has 7 heteroatoms. The molecule has 0 spiro atoms. The van der Waals surface area contributed by atoms with Gasteiger partial charge < -0.3 is 19.5 Å². The molecule has 0 fully saturated rings. The lowest BCUT2D eigenvalue weighted by Crippen LogP contribution is -2.28. The van der Waals surface area contributed by atoms with Gasteiger partial charge in [-0.2, -0.15) is 0 Å². The maximum Gasteiger partial charge on any atom is 0.273 e. The van der Waals surface area contributed by atoms with Gasteiger partial charge in [0.25, 0.3) is 5.91 Å². The van der Waals surface area contributed by atoms with Crippen LogP contribution in [0.5, 0.6) is 0 Å². The van der Waals surface area contributed by atoms with Crippen molar-refractivity contribution >= 4 is 16.8 Å². The van der Waals surface area contributed by atoms with E-state index in [1.807, 2.05) is 6.07 Å². The zero-order valence-electron chi connectivity index (χ0n) is 19.1. The Balaban J connectivity index is 1.47. The number of aromatic amines is 1. The number of aromatic nitrogens is 2. The van der Waals surface area contributed by atoms with Crippen molar-refractivity contribution in [2.45, 2.75) is 26.4 Å². The highest BCUT2D eigenvalue weighted by atomic mass is 16.5. The van der Waals surface area contributed by atoms with Gasteiger partial charge in [-0.1, -0.05) is 42.5 Å². The number of amides is 1. The molecule has 33 heavy (non-hydrogen) atoms. The number of H-pyrrole nitrogens is 1. The number of hydrogen-bond donors (Lipinski definition) is 2. The minimum atomic E-state index is -0.258. The number of para-hydroxylation sites is 1. The van der Waals surface area contributed by atoms with Crippen molar-refractivity contribution in [2.24, 2.45) is 0 Å². The van der Waals surface area contributed by atoms with Gasteiger partial charge in [-0.15, -0.1) is 0 Å². The van der Waals surface area contributed by atoms with E-state index in [2.05, 4.69) is 75.8 Å². The molecule has 0 aliphatic heterocycles. The molecule has 0 unspecified atom stereocenters. The number of nitrogens with one attached hydrogen (secondary N) is 2. The first kappa shape index (κ1) is 22.8. The van der Waals surface area contributed by atoms with Crippen LogP contribution in [0.4, 0.5) is 0 Å². The van der Waals surface area contributed by atoms with Crippen molar-refractivity contribution in [1.82, 2.24) is 20.2 Å². The van der Waals surface area contributed by atoms with Crippen LogP contribution in [0.3, 0.4) is 0 Å². The number of oxazole rings is 1. The molecule has 2 heterocycles. The number of carbonyl (C=O) groups is 1. The molecule has 0 atom stereocenters. The quantitative estimate of drug-likeness (QED) is 0.339. The first-order valence-corrected chi connectivity index (χ1v) is 11.2. The molecule has 2 aromatic carbocycles. The van der Waals surface area contributed by atoms with Crippen LogP contribution in [0.1, 0.15) is 33.1 Å². The van der Waals surface area contributed by atoms with Gasteiger partial charge in [0.1, 0.15) is 6.26 Å². The van der Waals surface area contributed by atoms with E-state index < -0.39 is 0 Å². The summed E-state index contributed by atoms with van der Waals surface area (Å²) in [5.74, 6) is 0.269. The summed E-state index contributed by atoms with van der Waals surface area (Å²) < 4.78 is 10.6. The van der Waals surface area contributed by atoms with Gasteiger partial charge in [0.15, 0.2) is 5.69 Å². The summed E-state index contributed by atoms with van der Waals surface area (Å²) in [5.41, 5.74) is 5.23. The third kappa shape index (κ3) is 5.88. The van der Waals surface area contributed by atoms with E-state index >= 15 is 0 Å². The van der Waals surface area contributed by atoms with Crippen LogP contribution in [-0.2, 0) is 24.2 Å². The smallest absolute Gasteiger partial charge is 0.273 e. The molecule has 0 aliphatic carbocycles. The molecule has 0 radical (unpaired) electrons. The van der Waals surface area contributed by atoms with E-state index in [1.165, 1.54) is 28.3 Å². The minimum Gasteiger partial charge on any atom is -0.447 e. The van der Waals surface area contributed by atoms with Crippen molar-refractivity contribution in [3.05, 3.63) is 89.3 Å². The molecule has 2 aromatic heterocycles. The fourth-order valence-corrected chi connectivity index (χ4v) is 3.90. The molecule has 172 valence electrons. The number of carbonyl (C=O) groups excluding carboxylic acids is 1. The second-order valence-corrected chi connectivity index (χ2v) is 8.12. The second-order valence-electron chi connectivity index (χ2n) is 8.12. The summed E-state index contributed by atoms with van der Waals surface area (Å²) in [6.07, 6.45) is 4.40. The van der Waals surface area contributed by atoms with E-state index in [-0.39, 0.29) is 11.6 Å². The Bertz CT molecular complexity index is 1200. The highest BCUT2D eigenvalue weighted by Crippen LogP contribution is 2.20. The Kier molecular flexibility index (Phi) is 7.55. The lowest BCUT2D eigenvalue weighted by atomic mass is 10.1. The normalized spacial score (nSPS) is 11.4. The largest absolute Gasteiger partial charge is 0.447 e. The number of aryl methyl sites for hydroxylation is 1. The second kappa shape index (κ2) is 10.9. The summed E-state index contributed by atoms with van der Waals surface area (Å²) in [5, 5.41) is 4.02. The molecule has 4 rings (SSSR count). The number of benzene rings is 2. The Morgan fingerprint density at radius 2 is 1.94 bits per heavy atom. The van der Waals surface area contributed by atoms with Gasteiger partial charge in [0.2, 0.25) is 5.89 Å². The van der Waals surface area contributed by atoms with Gasteiger partial charge >= 0.3 is 0 Å². The lowest BCUT2D eigenvalue weighted by molar-refractivity contribution is 0.0932. The third-order valence-corrected chi connectivity index (χ3v) is 5.76. The maximum absolute atomic E-state index is 12.3. The number of ether oxygens (including phenoxy) is 1. The average molecular weight is 447 g/mol. The zero-order valence-corrected chi connectivity index (χ0v) is 19.1. The van der Waals surface area contributed by atoms with Crippen molar-refractivity contribution in [1.29, 1.82) is 0 Å². The molecule has 1 amide bonds. The average Bonchev–Trinajstić information content (AvgIpc) is 3.46. The van der Waals surface area contributed by atoms with Gasteiger partial charge in [-0.25, -0.2) is 4.98 Å². The number of fused-ring (bicyclic) bond motifs is 1. The minimum absolute atomic E-state index is 0.258. The first-order chi connectivity index (χ1) is 16.1.